The van der Waals surface area contributed by atoms with Crippen molar-refractivity contribution in [3.05, 3.63) is 41.4 Å². The molecule has 16 heavy (non-hydrogen) atoms. The SMILES string of the molecule is O=S(=O)(NC/C=C/CCl)c1ccc(Cl)cc1. The number of allylic oxidation sites excluding steroid dienone is 1. The lowest BCUT2D eigenvalue weighted by molar-refractivity contribution is 0.585. The number of hydrogen-bond donors (Lipinski definition) is 1. The molecule has 1 rings (SSSR count). The molecule has 88 valence electrons. The van der Waals surface area contributed by atoms with Crippen molar-refractivity contribution in [3.63, 3.8) is 0 Å². The van der Waals surface area contributed by atoms with Crippen LogP contribution in [0.3, 0.4) is 0 Å². The normalized spacial score (nSPS) is 12.1. The molecule has 0 aliphatic carbocycles. The van der Waals surface area contributed by atoms with Crippen molar-refractivity contribution in [1.82, 2.24) is 4.72 Å². The molecule has 0 bridgehead atoms. The third kappa shape index (κ3) is 4.14. The highest BCUT2D eigenvalue weighted by molar-refractivity contribution is 7.89. The molecule has 6 heteroatoms. The van der Waals surface area contributed by atoms with Gasteiger partial charge in [0.15, 0.2) is 0 Å². The first-order chi connectivity index (χ1) is 7.56. The van der Waals surface area contributed by atoms with Crippen molar-refractivity contribution in [2.45, 2.75) is 4.90 Å². The molecule has 0 aliphatic heterocycles. The van der Waals surface area contributed by atoms with Crippen molar-refractivity contribution in [1.29, 1.82) is 0 Å². The molecule has 0 amide bonds. The molecule has 1 N–H and O–H groups in total. The molecule has 3 nitrogen and oxygen atoms in total. The third-order valence-corrected chi connectivity index (χ3v) is 3.64. The van der Waals surface area contributed by atoms with Gasteiger partial charge in [-0.25, -0.2) is 13.1 Å². The van der Waals surface area contributed by atoms with Crippen LogP contribution >= 0.6 is 23.2 Å². The van der Waals surface area contributed by atoms with E-state index in [9.17, 15) is 8.42 Å². The zero-order valence-corrected chi connectivity index (χ0v) is 10.7. The fourth-order valence-electron chi connectivity index (χ4n) is 1.00. The summed E-state index contributed by atoms with van der Waals surface area (Å²) < 4.78 is 25.8. The summed E-state index contributed by atoms with van der Waals surface area (Å²) >= 11 is 11.1. The lowest BCUT2D eigenvalue weighted by Gasteiger charge is -2.04. The highest BCUT2D eigenvalue weighted by Crippen LogP contribution is 2.13. The molecule has 0 spiro atoms. The molecular weight excluding hydrogens is 269 g/mol. The third-order valence-electron chi connectivity index (χ3n) is 1.77. The summed E-state index contributed by atoms with van der Waals surface area (Å²) in [4.78, 5) is 0.191. The Morgan fingerprint density at radius 3 is 2.38 bits per heavy atom. The molecule has 0 atom stereocenters. The summed E-state index contributed by atoms with van der Waals surface area (Å²) in [5.74, 6) is 0.364. The minimum Gasteiger partial charge on any atom is -0.207 e. The summed E-state index contributed by atoms with van der Waals surface area (Å²) in [5, 5.41) is 0.501. The maximum absolute atomic E-state index is 11.7. The molecule has 0 saturated carbocycles. The van der Waals surface area contributed by atoms with Gasteiger partial charge in [-0.05, 0) is 24.3 Å². The second-order valence-corrected chi connectivity index (χ2v) is 5.44. The summed E-state index contributed by atoms with van der Waals surface area (Å²) in [6, 6.07) is 5.97. The standard InChI is InChI=1S/C10H11Cl2NO2S/c11-7-1-2-8-13-16(14,15)10-5-3-9(12)4-6-10/h1-6,13H,7-8H2/b2-1+. The van der Waals surface area contributed by atoms with E-state index in [4.69, 9.17) is 23.2 Å². The number of rotatable bonds is 5. The molecule has 0 saturated heterocycles. The van der Waals surface area contributed by atoms with Gasteiger partial charge in [-0.15, -0.1) is 11.6 Å². The van der Waals surface area contributed by atoms with Crippen LogP contribution in [-0.4, -0.2) is 20.8 Å². The van der Waals surface area contributed by atoms with E-state index in [1.165, 1.54) is 24.3 Å². The number of sulfonamides is 1. The average molecular weight is 280 g/mol. The predicted molar refractivity (Wildman–Crippen MR) is 66.5 cm³/mol. The Bertz CT molecular complexity index is 454. The van der Waals surface area contributed by atoms with Gasteiger partial charge < -0.3 is 0 Å². The zero-order chi connectivity index (χ0) is 12.0. The Morgan fingerprint density at radius 1 is 1.19 bits per heavy atom. The zero-order valence-electron chi connectivity index (χ0n) is 8.36. The van der Waals surface area contributed by atoms with E-state index < -0.39 is 10.0 Å². The predicted octanol–water partition coefficient (Wildman–Crippen LogP) is 2.41. The van der Waals surface area contributed by atoms with Crippen LogP contribution < -0.4 is 4.72 Å². The van der Waals surface area contributed by atoms with Gasteiger partial charge in [0.05, 0.1) is 4.90 Å². The second kappa shape index (κ2) is 6.25. The smallest absolute Gasteiger partial charge is 0.207 e. The Morgan fingerprint density at radius 2 is 1.81 bits per heavy atom. The summed E-state index contributed by atoms with van der Waals surface area (Å²) in [5.41, 5.74) is 0. The average Bonchev–Trinajstić information content (AvgIpc) is 2.25. The van der Waals surface area contributed by atoms with Crippen LogP contribution in [0.1, 0.15) is 0 Å². The van der Waals surface area contributed by atoms with E-state index in [2.05, 4.69) is 4.72 Å². The van der Waals surface area contributed by atoms with Crippen LogP contribution in [0.5, 0.6) is 0 Å². The molecule has 0 unspecified atom stereocenters. The molecule has 1 aromatic carbocycles. The molecule has 0 heterocycles. The minimum absolute atomic E-state index is 0.191. The number of alkyl halides is 1. The van der Waals surface area contributed by atoms with Crippen molar-refractivity contribution in [3.8, 4) is 0 Å². The quantitative estimate of drug-likeness (QED) is 0.665. The first kappa shape index (κ1) is 13.5. The van der Waals surface area contributed by atoms with Crippen molar-refractivity contribution < 1.29 is 8.42 Å². The Labute approximate surface area is 105 Å². The van der Waals surface area contributed by atoms with Gasteiger partial charge in [0, 0.05) is 17.4 Å². The van der Waals surface area contributed by atoms with Gasteiger partial charge in [-0.1, -0.05) is 23.8 Å². The van der Waals surface area contributed by atoms with Crippen LogP contribution in [0.25, 0.3) is 0 Å². The number of benzene rings is 1. The largest absolute Gasteiger partial charge is 0.240 e. The fraction of sp³-hybridized carbons (Fsp3) is 0.200. The monoisotopic (exact) mass is 279 g/mol. The molecular formula is C10H11Cl2NO2S. The summed E-state index contributed by atoms with van der Waals surface area (Å²) in [7, 11) is -3.46. The maximum Gasteiger partial charge on any atom is 0.240 e. The van der Waals surface area contributed by atoms with Gasteiger partial charge >= 0.3 is 0 Å². The maximum atomic E-state index is 11.7. The van der Waals surface area contributed by atoms with Crippen LogP contribution in [-0.2, 0) is 10.0 Å². The van der Waals surface area contributed by atoms with Gasteiger partial charge in [0.1, 0.15) is 0 Å². The van der Waals surface area contributed by atoms with E-state index in [0.29, 0.717) is 10.9 Å². The minimum atomic E-state index is -3.46. The molecule has 0 fully saturated rings. The highest BCUT2D eigenvalue weighted by atomic mass is 35.5. The summed E-state index contributed by atoms with van der Waals surface area (Å²) in [6.45, 7) is 0.220. The Kier molecular flexibility index (Phi) is 5.28. The highest BCUT2D eigenvalue weighted by Gasteiger charge is 2.11. The van der Waals surface area contributed by atoms with E-state index in [1.807, 2.05) is 0 Å². The van der Waals surface area contributed by atoms with Crippen molar-refractivity contribution in [2.75, 3.05) is 12.4 Å². The van der Waals surface area contributed by atoms with Crippen LogP contribution in [0.2, 0.25) is 5.02 Å². The number of halogens is 2. The van der Waals surface area contributed by atoms with E-state index in [-0.39, 0.29) is 11.4 Å². The first-order valence-electron chi connectivity index (χ1n) is 4.52. The number of hydrogen-bond acceptors (Lipinski definition) is 2. The van der Waals surface area contributed by atoms with Crippen LogP contribution in [0.15, 0.2) is 41.3 Å². The molecule has 0 aromatic heterocycles. The lowest BCUT2D eigenvalue weighted by atomic mass is 10.4. The first-order valence-corrected chi connectivity index (χ1v) is 6.92. The van der Waals surface area contributed by atoms with Gasteiger partial charge in [0.2, 0.25) is 10.0 Å². The van der Waals surface area contributed by atoms with Crippen LogP contribution in [0, 0.1) is 0 Å². The Hall–Kier alpha value is -0.550. The molecule has 0 radical (unpaired) electrons. The van der Waals surface area contributed by atoms with Gasteiger partial charge in [0.25, 0.3) is 0 Å². The lowest BCUT2D eigenvalue weighted by Crippen LogP contribution is -2.23. The van der Waals surface area contributed by atoms with Gasteiger partial charge in [-0.2, -0.15) is 0 Å². The van der Waals surface area contributed by atoms with E-state index in [1.54, 1.807) is 12.2 Å². The number of nitrogens with one attached hydrogen (secondary N) is 1. The van der Waals surface area contributed by atoms with Crippen molar-refractivity contribution >= 4 is 33.2 Å². The Balaban J connectivity index is 2.71. The fourth-order valence-corrected chi connectivity index (χ4v) is 2.23. The molecule has 0 aliphatic rings. The molecule has 1 aromatic rings. The van der Waals surface area contributed by atoms with Gasteiger partial charge in [-0.3, -0.25) is 0 Å². The van der Waals surface area contributed by atoms with Crippen LogP contribution in [0.4, 0.5) is 0 Å². The summed E-state index contributed by atoms with van der Waals surface area (Å²) in [6.07, 6.45) is 3.33. The van der Waals surface area contributed by atoms with Crippen molar-refractivity contribution in [2.24, 2.45) is 0 Å². The van der Waals surface area contributed by atoms with E-state index >= 15 is 0 Å². The second-order valence-electron chi connectivity index (χ2n) is 2.93. The van der Waals surface area contributed by atoms with E-state index in [0.717, 1.165) is 0 Å². The topological polar surface area (TPSA) is 46.2 Å².